The number of hydrogen-bond acceptors (Lipinski definition) is 6. The Bertz CT molecular complexity index is 1410. The predicted molar refractivity (Wildman–Crippen MR) is 168 cm³/mol. The summed E-state index contributed by atoms with van der Waals surface area (Å²) in [6, 6.07) is 13.7. The van der Waals surface area contributed by atoms with Crippen LogP contribution in [0.25, 0.3) is 10.4 Å². The minimum absolute atomic E-state index is 0.0312. The monoisotopic (exact) mass is 603 g/mol. The van der Waals surface area contributed by atoms with Gasteiger partial charge in [0.05, 0.1) is 11.7 Å². The van der Waals surface area contributed by atoms with Crippen LogP contribution in [0.2, 0.25) is 18.1 Å². The molecular weight excluding hydrogens is 562 g/mol. The number of hydrogen-bond donors (Lipinski definition) is 0. The molecular formula is C33H41N3O6Si. The van der Waals surface area contributed by atoms with E-state index in [4.69, 9.17) is 19.4 Å². The maximum absolute atomic E-state index is 13.9. The summed E-state index contributed by atoms with van der Waals surface area (Å²) in [7, 11) is -2.20. The SMILES string of the molecule is C[C@H]1CC=CCc2cccc(OC(=O)c3ccccc3)c2C(=O)O[C@@H](CC=CC(=O)N=[N+]=[N-])C[C@H]1O[Si](C)(C)C(C)(C)C. The van der Waals surface area contributed by atoms with Crippen molar-refractivity contribution in [3.63, 3.8) is 0 Å². The summed E-state index contributed by atoms with van der Waals surface area (Å²) in [6.07, 6.45) is 7.68. The summed E-state index contributed by atoms with van der Waals surface area (Å²) >= 11 is 0. The fourth-order valence-corrected chi connectivity index (χ4v) is 5.92. The second kappa shape index (κ2) is 15.0. The molecule has 1 aliphatic rings. The quantitative estimate of drug-likeness (QED) is 0.0459. The van der Waals surface area contributed by atoms with Gasteiger partial charge < -0.3 is 13.9 Å². The molecule has 0 fully saturated rings. The lowest BCUT2D eigenvalue weighted by atomic mass is 9.93. The van der Waals surface area contributed by atoms with E-state index in [9.17, 15) is 14.4 Å². The number of allylic oxidation sites excluding steroid dienone is 2. The van der Waals surface area contributed by atoms with Crippen LogP contribution in [0.1, 0.15) is 73.2 Å². The van der Waals surface area contributed by atoms with E-state index in [0.29, 0.717) is 24.0 Å². The molecule has 0 saturated heterocycles. The first-order valence-corrected chi connectivity index (χ1v) is 17.4. The van der Waals surface area contributed by atoms with Crippen molar-refractivity contribution in [3.05, 3.63) is 100.0 Å². The second-order valence-electron chi connectivity index (χ2n) is 12.3. The number of azide groups is 1. The molecule has 43 heavy (non-hydrogen) atoms. The molecule has 1 amide bonds. The Labute approximate surface area is 254 Å². The summed E-state index contributed by atoms with van der Waals surface area (Å²) < 4.78 is 18.7. The van der Waals surface area contributed by atoms with Crippen LogP contribution in [-0.2, 0) is 20.4 Å². The van der Waals surface area contributed by atoms with Crippen LogP contribution in [0.15, 0.2) is 77.9 Å². The van der Waals surface area contributed by atoms with Gasteiger partial charge >= 0.3 is 11.9 Å². The molecule has 1 aliphatic heterocycles. The molecule has 0 bridgehead atoms. The highest BCUT2D eigenvalue weighted by atomic mass is 28.4. The van der Waals surface area contributed by atoms with Crippen molar-refractivity contribution in [1.82, 2.24) is 0 Å². The molecule has 0 spiro atoms. The van der Waals surface area contributed by atoms with E-state index in [1.54, 1.807) is 42.5 Å². The van der Waals surface area contributed by atoms with Crippen LogP contribution in [0.3, 0.4) is 0 Å². The first-order valence-electron chi connectivity index (χ1n) is 14.5. The molecule has 10 heteroatoms. The lowest BCUT2D eigenvalue weighted by molar-refractivity contribution is -0.113. The van der Waals surface area contributed by atoms with Crippen LogP contribution >= 0.6 is 0 Å². The van der Waals surface area contributed by atoms with Gasteiger partial charge in [-0.2, -0.15) is 0 Å². The maximum Gasteiger partial charge on any atom is 0.343 e. The Kier molecular flexibility index (Phi) is 11.7. The summed E-state index contributed by atoms with van der Waals surface area (Å²) in [6.45, 7) is 13.0. The third kappa shape index (κ3) is 9.51. The number of fused-ring (bicyclic) bond motifs is 1. The summed E-state index contributed by atoms with van der Waals surface area (Å²) in [5, 5.41) is 3.04. The lowest BCUT2D eigenvalue weighted by Gasteiger charge is -2.41. The van der Waals surface area contributed by atoms with Gasteiger partial charge in [0.15, 0.2) is 8.32 Å². The Morgan fingerprint density at radius 3 is 2.51 bits per heavy atom. The van der Waals surface area contributed by atoms with E-state index in [-0.39, 0.29) is 34.8 Å². The number of esters is 2. The van der Waals surface area contributed by atoms with Gasteiger partial charge in [-0.3, -0.25) is 4.79 Å². The van der Waals surface area contributed by atoms with Crippen molar-refractivity contribution in [1.29, 1.82) is 0 Å². The Hall–Kier alpha value is -3.98. The fraction of sp³-hybridized carbons (Fsp3) is 0.424. The second-order valence-corrected chi connectivity index (χ2v) is 17.0. The fourth-order valence-electron chi connectivity index (χ4n) is 4.48. The van der Waals surface area contributed by atoms with Gasteiger partial charge in [-0.15, -0.1) is 0 Å². The van der Waals surface area contributed by atoms with Crippen molar-refractivity contribution in [2.75, 3.05) is 0 Å². The number of carbonyl (C=O) groups is 3. The van der Waals surface area contributed by atoms with E-state index >= 15 is 0 Å². The van der Waals surface area contributed by atoms with E-state index < -0.39 is 32.3 Å². The van der Waals surface area contributed by atoms with E-state index in [0.717, 1.165) is 6.42 Å². The highest BCUT2D eigenvalue weighted by Gasteiger charge is 2.41. The average Bonchev–Trinajstić information content (AvgIpc) is 2.94. The van der Waals surface area contributed by atoms with Crippen LogP contribution in [-0.4, -0.2) is 38.4 Å². The largest absolute Gasteiger partial charge is 0.458 e. The number of nitrogens with zero attached hydrogens (tertiary/aromatic N) is 3. The summed E-state index contributed by atoms with van der Waals surface area (Å²) in [5.74, 6) is -1.74. The van der Waals surface area contributed by atoms with Gasteiger partial charge in [-0.05, 0) is 77.4 Å². The molecule has 0 radical (unpaired) electrons. The first kappa shape index (κ1) is 33.5. The first-order chi connectivity index (χ1) is 20.3. The smallest absolute Gasteiger partial charge is 0.343 e. The van der Waals surface area contributed by atoms with Crippen molar-refractivity contribution >= 4 is 26.2 Å². The van der Waals surface area contributed by atoms with Crippen LogP contribution in [0, 0.1) is 5.92 Å². The normalized spacial score (nSPS) is 19.8. The minimum Gasteiger partial charge on any atom is -0.458 e. The lowest BCUT2D eigenvalue weighted by Crippen LogP contribution is -2.46. The summed E-state index contributed by atoms with van der Waals surface area (Å²) in [5.41, 5.74) is 9.76. The van der Waals surface area contributed by atoms with E-state index in [1.165, 1.54) is 12.2 Å². The standard InChI is InChI=1S/C33H41N3O6Si/c1-23-14-10-11-15-24-18-12-20-27(41-31(38)25-16-8-7-9-17-25)30(24)32(39)40-26(19-13-21-29(37)35-36-34)22-28(23)42-43(5,6)33(2,3)4/h7-13,16-18,20-21,23,26,28H,14-15,19,22H2,1-6H3/t23-,26-,28+/m0/s1. The number of cyclic esters (lactones) is 1. The van der Waals surface area contributed by atoms with Crippen molar-refractivity contribution < 1.29 is 28.3 Å². The van der Waals surface area contributed by atoms with Gasteiger partial charge in [0.2, 0.25) is 5.91 Å². The number of ether oxygens (including phenoxy) is 2. The third-order valence-corrected chi connectivity index (χ3v) is 12.5. The van der Waals surface area contributed by atoms with E-state index in [1.807, 2.05) is 12.1 Å². The van der Waals surface area contributed by atoms with Crippen molar-refractivity contribution in [3.8, 4) is 5.75 Å². The molecule has 0 unspecified atom stereocenters. The Morgan fingerprint density at radius 2 is 1.84 bits per heavy atom. The van der Waals surface area contributed by atoms with Crippen molar-refractivity contribution in [2.45, 2.75) is 83.7 Å². The molecule has 0 aromatic heterocycles. The van der Waals surface area contributed by atoms with Gasteiger partial charge in [-0.1, -0.05) is 76.3 Å². The van der Waals surface area contributed by atoms with Gasteiger partial charge in [0.1, 0.15) is 17.4 Å². The molecule has 0 aliphatic carbocycles. The zero-order valence-corrected chi connectivity index (χ0v) is 26.8. The maximum atomic E-state index is 13.9. The number of amides is 1. The highest BCUT2D eigenvalue weighted by molar-refractivity contribution is 6.74. The molecule has 2 aromatic rings. The van der Waals surface area contributed by atoms with Crippen LogP contribution in [0.5, 0.6) is 5.75 Å². The molecule has 3 rings (SSSR count). The Morgan fingerprint density at radius 1 is 1.12 bits per heavy atom. The van der Waals surface area contributed by atoms with Crippen LogP contribution in [0.4, 0.5) is 0 Å². The van der Waals surface area contributed by atoms with Gasteiger partial charge in [0.25, 0.3) is 0 Å². The zero-order valence-electron chi connectivity index (χ0n) is 25.8. The molecule has 1 heterocycles. The summed E-state index contributed by atoms with van der Waals surface area (Å²) in [4.78, 5) is 41.1. The van der Waals surface area contributed by atoms with E-state index in [2.05, 4.69) is 56.9 Å². The molecule has 0 saturated carbocycles. The number of benzene rings is 2. The third-order valence-electron chi connectivity index (χ3n) is 8.00. The minimum atomic E-state index is -2.20. The Balaban J connectivity index is 2.01. The zero-order chi connectivity index (χ0) is 31.6. The van der Waals surface area contributed by atoms with Crippen LogP contribution < -0.4 is 4.74 Å². The number of carbonyl (C=O) groups excluding carboxylic acids is 3. The molecule has 2 aromatic carbocycles. The van der Waals surface area contributed by atoms with Gasteiger partial charge in [0, 0.05) is 17.8 Å². The van der Waals surface area contributed by atoms with Gasteiger partial charge in [-0.25, -0.2) is 9.59 Å². The molecule has 0 N–H and O–H groups in total. The predicted octanol–water partition coefficient (Wildman–Crippen LogP) is 8.13. The number of rotatable bonds is 7. The topological polar surface area (TPSA) is 128 Å². The molecule has 9 nitrogen and oxygen atoms in total. The highest BCUT2D eigenvalue weighted by Crippen LogP contribution is 2.39. The van der Waals surface area contributed by atoms with Crippen molar-refractivity contribution in [2.24, 2.45) is 11.0 Å². The molecule has 228 valence electrons. The average molecular weight is 604 g/mol. The molecule has 3 atom stereocenters.